The highest BCUT2D eigenvalue weighted by Crippen LogP contribution is 2.39. The molecule has 41 heavy (non-hydrogen) atoms. The molecule has 1 aromatic carbocycles. The Morgan fingerprint density at radius 3 is 2.37 bits per heavy atom. The minimum absolute atomic E-state index is 0.0213. The van der Waals surface area contributed by atoms with Crippen molar-refractivity contribution < 1.29 is 19.7 Å². The van der Waals surface area contributed by atoms with Crippen LogP contribution in [0.3, 0.4) is 0 Å². The number of aliphatic hydroxyl groups is 2. The lowest BCUT2D eigenvalue weighted by atomic mass is 9.80. The van der Waals surface area contributed by atoms with Crippen LogP contribution in [0.25, 0.3) is 11.0 Å². The molecule has 0 spiro atoms. The third-order valence-electron chi connectivity index (χ3n) is 8.45. The summed E-state index contributed by atoms with van der Waals surface area (Å²) in [6, 6.07) is 11.8. The van der Waals surface area contributed by atoms with Crippen LogP contribution in [-0.4, -0.2) is 92.6 Å². The van der Waals surface area contributed by atoms with Gasteiger partial charge >= 0.3 is 0 Å². The second kappa shape index (κ2) is 12.2. The van der Waals surface area contributed by atoms with Gasteiger partial charge in [0.25, 0.3) is 11.5 Å². The van der Waals surface area contributed by atoms with Crippen LogP contribution in [0.1, 0.15) is 56.8 Å². The molecule has 220 valence electrons. The molecule has 3 N–H and O–H groups in total. The van der Waals surface area contributed by atoms with Crippen molar-refractivity contribution in [2.75, 3.05) is 51.3 Å². The minimum atomic E-state index is -1.36. The van der Waals surface area contributed by atoms with Gasteiger partial charge in [-0.3, -0.25) is 19.1 Å². The summed E-state index contributed by atoms with van der Waals surface area (Å²) >= 11 is 0. The molecule has 11 nitrogen and oxygen atoms in total. The maximum absolute atomic E-state index is 12.5. The van der Waals surface area contributed by atoms with Crippen LogP contribution in [-0.2, 0) is 15.1 Å². The SMILES string of the molecule is CC(C)n1c(=O)ccc2cnc(N[C@@H](C)c3ccc(C4(N5CCN(C(=O)C(O)CO)CC5)CCOCC4)cc3)nc21. The lowest BCUT2D eigenvalue weighted by Gasteiger charge is -2.50. The van der Waals surface area contributed by atoms with Gasteiger partial charge in [-0.1, -0.05) is 24.3 Å². The summed E-state index contributed by atoms with van der Waals surface area (Å²) in [5.74, 6) is 0.0515. The van der Waals surface area contributed by atoms with Gasteiger partial charge in [0.05, 0.1) is 18.2 Å². The van der Waals surface area contributed by atoms with E-state index in [4.69, 9.17) is 9.84 Å². The Labute approximate surface area is 239 Å². The normalized spacial score (nSPS) is 19.3. The highest BCUT2D eigenvalue weighted by molar-refractivity contribution is 5.81. The standard InChI is InChI=1S/C30H40N6O5/c1-20(2)36-26(39)9-6-23-18-31-29(33-27(23)36)32-21(3)22-4-7-24(8-5-22)30(10-16-41-17-11-30)35-14-12-34(13-15-35)28(40)25(38)19-37/h4-9,18,20-21,25,37-38H,10-17,19H2,1-3H3,(H,31,32,33)/t21-,25?/m0/s1. The molecule has 0 radical (unpaired) electrons. The first-order valence-corrected chi connectivity index (χ1v) is 14.4. The fourth-order valence-electron chi connectivity index (χ4n) is 6.11. The van der Waals surface area contributed by atoms with Crippen LogP contribution < -0.4 is 10.9 Å². The molecule has 0 bridgehead atoms. The Morgan fingerprint density at radius 2 is 1.73 bits per heavy atom. The van der Waals surface area contributed by atoms with Gasteiger partial charge in [-0.05, 0) is 50.8 Å². The number of fused-ring (bicyclic) bond motifs is 1. The lowest BCUT2D eigenvalue weighted by molar-refractivity contribution is -0.146. The predicted octanol–water partition coefficient (Wildman–Crippen LogP) is 2.05. The van der Waals surface area contributed by atoms with E-state index < -0.39 is 18.6 Å². The first-order chi connectivity index (χ1) is 19.7. The van der Waals surface area contributed by atoms with E-state index in [2.05, 4.69) is 51.4 Å². The Hall–Kier alpha value is -3.38. The number of benzene rings is 1. The number of amides is 1. The number of nitrogens with zero attached hydrogens (tertiary/aromatic N) is 5. The van der Waals surface area contributed by atoms with Gasteiger partial charge in [0.2, 0.25) is 5.95 Å². The Balaban J connectivity index is 1.33. The van der Waals surface area contributed by atoms with Crippen molar-refractivity contribution in [1.82, 2.24) is 24.3 Å². The monoisotopic (exact) mass is 564 g/mol. The summed E-state index contributed by atoms with van der Waals surface area (Å²) in [6.07, 6.45) is 2.10. The van der Waals surface area contributed by atoms with Gasteiger partial charge in [0.15, 0.2) is 6.10 Å². The van der Waals surface area contributed by atoms with Crippen molar-refractivity contribution in [3.63, 3.8) is 0 Å². The number of pyridine rings is 1. The zero-order valence-corrected chi connectivity index (χ0v) is 24.0. The predicted molar refractivity (Wildman–Crippen MR) is 156 cm³/mol. The maximum atomic E-state index is 12.5. The minimum Gasteiger partial charge on any atom is -0.393 e. The van der Waals surface area contributed by atoms with E-state index in [-0.39, 0.29) is 23.2 Å². The van der Waals surface area contributed by atoms with Crippen molar-refractivity contribution in [1.29, 1.82) is 0 Å². The zero-order valence-electron chi connectivity index (χ0n) is 24.0. The van der Waals surface area contributed by atoms with Crippen molar-refractivity contribution in [2.24, 2.45) is 0 Å². The third-order valence-corrected chi connectivity index (χ3v) is 8.45. The number of ether oxygens (including phenoxy) is 1. The second-order valence-electron chi connectivity index (χ2n) is 11.3. The smallest absolute Gasteiger partial charge is 0.253 e. The lowest BCUT2D eigenvalue weighted by Crippen LogP contribution is -2.59. The Morgan fingerprint density at radius 1 is 1.05 bits per heavy atom. The summed E-state index contributed by atoms with van der Waals surface area (Å²) in [5.41, 5.74) is 2.64. The average molecular weight is 565 g/mol. The van der Waals surface area contributed by atoms with Gasteiger partial charge in [0, 0.05) is 63.1 Å². The summed E-state index contributed by atoms with van der Waals surface area (Å²) in [7, 11) is 0. The molecular formula is C30H40N6O5. The van der Waals surface area contributed by atoms with Crippen LogP contribution in [0.4, 0.5) is 5.95 Å². The topological polar surface area (TPSA) is 133 Å². The number of carbonyl (C=O) groups excluding carboxylic acids is 1. The van der Waals surface area contributed by atoms with Gasteiger partial charge in [-0.15, -0.1) is 0 Å². The number of aliphatic hydroxyl groups excluding tert-OH is 2. The highest BCUT2D eigenvalue weighted by Gasteiger charge is 2.42. The molecule has 2 saturated heterocycles. The fourth-order valence-corrected chi connectivity index (χ4v) is 6.11. The number of hydrogen-bond acceptors (Lipinski definition) is 9. The summed E-state index contributed by atoms with van der Waals surface area (Å²) in [4.78, 5) is 38.1. The van der Waals surface area contributed by atoms with E-state index in [1.807, 2.05) is 13.8 Å². The Kier molecular flexibility index (Phi) is 8.69. The number of hydrogen-bond donors (Lipinski definition) is 3. The number of aromatic nitrogens is 3. The van der Waals surface area contributed by atoms with E-state index >= 15 is 0 Å². The molecule has 2 atom stereocenters. The molecule has 11 heteroatoms. The van der Waals surface area contributed by atoms with E-state index in [0.29, 0.717) is 51.0 Å². The zero-order chi connectivity index (χ0) is 29.1. The summed E-state index contributed by atoms with van der Waals surface area (Å²) in [5, 5.41) is 23.2. The molecule has 0 aliphatic carbocycles. The largest absolute Gasteiger partial charge is 0.393 e. The van der Waals surface area contributed by atoms with Crippen molar-refractivity contribution in [2.45, 2.75) is 57.3 Å². The first kappa shape index (κ1) is 29.1. The number of carbonyl (C=O) groups is 1. The molecule has 2 aliphatic heterocycles. The van der Waals surface area contributed by atoms with E-state index in [0.717, 1.165) is 23.8 Å². The van der Waals surface area contributed by atoms with Gasteiger partial charge in [-0.25, -0.2) is 4.98 Å². The van der Waals surface area contributed by atoms with E-state index in [1.54, 1.807) is 27.8 Å². The van der Waals surface area contributed by atoms with E-state index in [1.165, 1.54) is 5.56 Å². The second-order valence-corrected chi connectivity index (χ2v) is 11.3. The molecular weight excluding hydrogens is 524 g/mol. The molecule has 4 heterocycles. The fraction of sp³-hybridized carbons (Fsp3) is 0.533. The maximum Gasteiger partial charge on any atom is 0.253 e. The average Bonchev–Trinajstić information content (AvgIpc) is 3.00. The van der Waals surface area contributed by atoms with Crippen molar-refractivity contribution >= 4 is 22.9 Å². The van der Waals surface area contributed by atoms with Crippen LogP contribution in [0.5, 0.6) is 0 Å². The highest BCUT2D eigenvalue weighted by atomic mass is 16.5. The molecule has 0 saturated carbocycles. The number of rotatable bonds is 8. The summed E-state index contributed by atoms with van der Waals surface area (Å²) < 4.78 is 7.41. The van der Waals surface area contributed by atoms with Gasteiger partial charge in [-0.2, -0.15) is 4.98 Å². The molecule has 2 aliphatic rings. The van der Waals surface area contributed by atoms with Crippen LogP contribution in [0.15, 0.2) is 47.4 Å². The quantitative estimate of drug-likeness (QED) is 0.376. The Bertz CT molecular complexity index is 1410. The number of piperazine rings is 1. The molecule has 1 unspecified atom stereocenters. The molecule has 1 amide bonds. The first-order valence-electron chi connectivity index (χ1n) is 14.4. The molecule has 2 aromatic heterocycles. The van der Waals surface area contributed by atoms with Gasteiger partial charge in [0.1, 0.15) is 5.65 Å². The van der Waals surface area contributed by atoms with Crippen LogP contribution >= 0.6 is 0 Å². The number of anilines is 1. The summed E-state index contributed by atoms with van der Waals surface area (Å²) in [6.45, 7) is 9.15. The molecule has 5 rings (SSSR count). The third kappa shape index (κ3) is 5.85. The van der Waals surface area contributed by atoms with E-state index in [9.17, 15) is 14.7 Å². The molecule has 3 aromatic rings. The van der Waals surface area contributed by atoms with Crippen molar-refractivity contribution in [3.05, 3.63) is 64.1 Å². The van der Waals surface area contributed by atoms with Crippen LogP contribution in [0.2, 0.25) is 0 Å². The van der Waals surface area contributed by atoms with Crippen LogP contribution in [0, 0.1) is 0 Å². The molecule has 2 fully saturated rings. The van der Waals surface area contributed by atoms with Crippen molar-refractivity contribution in [3.8, 4) is 0 Å². The van der Waals surface area contributed by atoms with Gasteiger partial charge < -0.3 is 25.2 Å². The number of nitrogens with one attached hydrogen (secondary N) is 1.